The number of ether oxygens (including phenoxy) is 6. The molecule has 3 rings (SSSR count). The topological polar surface area (TPSA) is 72.5 Å². The van der Waals surface area contributed by atoms with E-state index in [2.05, 4.69) is 45.2 Å². The fraction of sp³-hybridized carbons (Fsp3) is 0.917. The Kier molecular flexibility index (Phi) is 5.28. The predicted molar refractivity (Wildman–Crippen MR) is 86.4 cm³/mol. The summed E-state index contributed by atoms with van der Waals surface area (Å²) in [6.45, 7) is 2.57. The highest BCUT2D eigenvalue weighted by molar-refractivity contribution is 14.1. The van der Waals surface area contributed by atoms with E-state index in [0.29, 0.717) is 11.0 Å². The third-order valence-corrected chi connectivity index (χ3v) is 7.44. The van der Waals surface area contributed by atoms with Gasteiger partial charge in [-0.1, -0.05) is 45.2 Å². The van der Waals surface area contributed by atoms with Crippen LogP contribution in [-0.2, 0) is 33.2 Å². The summed E-state index contributed by atoms with van der Waals surface area (Å²) in [6.07, 6.45) is -2.13. The Bertz CT molecular complexity index is 405. The Balaban J connectivity index is 1.71. The van der Waals surface area contributed by atoms with Gasteiger partial charge in [-0.2, -0.15) is 0 Å². The zero-order chi connectivity index (χ0) is 15.0. The number of carbonyl (C=O) groups is 1. The first-order valence-corrected chi connectivity index (χ1v) is 9.17. The number of carbonyl (C=O) groups excluding carboxylic acids is 1. The fourth-order valence-corrected chi connectivity index (χ4v) is 2.88. The van der Waals surface area contributed by atoms with Crippen molar-refractivity contribution in [3.8, 4) is 0 Å². The summed E-state index contributed by atoms with van der Waals surface area (Å²) in [5.41, 5.74) is 0. The highest BCUT2D eigenvalue weighted by Gasteiger charge is 2.54. The van der Waals surface area contributed by atoms with Crippen molar-refractivity contribution in [3.63, 3.8) is 0 Å². The Morgan fingerprint density at radius 2 is 1.95 bits per heavy atom. The lowest BCUT2D eigenvalue weighted by atomic mass is 9.98. The normalized spacial score (nSPS) is 41.8. The number of fused-ring (bicyclic) bond motifs is 3. The predicted octanol–water partition coefficient (Wildman–Crippen LogP) is 0.998. The molecule has 0 aromatic rings. The standard InChI is InChI=1S/C12H16I2O7/c1-12(14,3-13)11(15)21-10-9-8(18-5-19-9)7-6(20-10)2-16-4-17-7/h6-10H,2-5H2,1H3. The highest BCUT2D eigenvalue weighted by Crippen LogP contribution is 2.35. The minimum atomic E-state index is -0.798. The lowest BCUT2D eigenvalue weighted by molar-refractivity contribution is -0.314. The molecule has 6 atom stereocenters. The summed E-state index contributed by atoms with van der Waals surface area (Å²) in [5, 5.41) is 0. The van der Waals surface area contributed by atoms with Crippen LogP contribution in [0, 0.1) is 0 Å². The van der Waals surface area contributed by atoms with Crippen molar-refractivity contribution in [1.29, 1.82) is 0 Å². The Labute approximate surface area is 149 Å². The zero-order valence-electron chi connectivity index (χ0n) is 11.3. The molecule has 7 nitrogen and oxygen atoms in total. The molecule has 3 aliphatic rings. The van der Waals surface area contributed by atoms with Crippen molar-refractivity contribution in [1.82, 2.24) is 0 Å². The van der Waals surface area contributed by atoms with Gasteiger partial charge in [-0.25, -0.2) is 0 Å². The molecule has 6 unspecified atom stereocenters. The summed E-state index contributed by atoms with van der Waals surface area (Å²) < 4.78 is 33.2. The molecular formula is C12H16I2O7. The third-order valence-electron chi connectivity index (χ3n) is 3.64. The molecule has 0 spiro atoms. The minimum absolute atomic E-state index is 0.147. The van der Waals surface area contributed by atoms with E-state index in [0.717, 1.165) is 0 Å². The summed E-state index contributed by atoms with van der Waals surface area (Å²) in [7, 11) is 0. The maximum atomic E-state index is 12.2. The fourth-order valence-electron chi connectivity index (χ4n) is 2.45. The van der Waals surface area contributed by atoms with Crippen LogP contribution in [0.1, 0.15) is 6.92 Å². The molecule has 3 heterocycles. The van der Waals surface area contributed by atoms with Gasteiger partial charge in [0.05, 0.1) is 6.61 Å². The second-order valence-corrected chi connectivity index (χ2v) is 8.42. The van der Waals surface area contributed by atoms with Crippen molar-refractivity contribution >= 4 is 51.2 Å². The van der Waals surface area contributed by atoms with Gasteiger partial charge in [0.25, 0.3) is 0 Å². The van der Waals surface area contributed by atoms with Crippen molar-refractivity contribution in [2.24, 2.45) is 0 Å². The second-order valence-electron chi connectivity index (χ2n) is 5.28. The molecule has 120 valence electrons. The Morgan fingerprint density at radius 1 is 1.24 bits per heavy atom. The number of esters is 1. The number of alkyl halides is 2. The van der Waals surface area contributed by atoms with Crippen molar-refractivity contribution < 1.29 is 33.2 Å². The Hall–Kier alpha value is 0.730. The van der Waals surface area contributed by atoms with Gasteiger partial charge in [-0.15, -0.1) is 0 Å². The summed E-state index contributed by atoms with van der Waals surface area (Å²) >= 11 is 4.24. The van der Waals surface area contributed by atoms with E-state index in [1.165, 1.54) is 0 Å². The van der Waals surface area contributed by atoms with E-state index < -0.39 is 15.8 Å². The lowest BCUT2D eigenvalue weighted by Crippen LogP contribution is -2.61. The quantitative estimate of drug-likeness (QED) is 0.309. The smallest absolute Gasteiger partial charge is 0.324 e. The van der Waals surface area contributed by atoms with Crippen LogP contribution in [-0.4, -0.2) is 64.7 Å². The second kappa shape index (κ2) is 6.69. The van der Waals surface area contributed by atoms with Gasteiger partial charge in [0.15, 0.2) is 6.10 Å². The zero-order valence-corrected chi connectivity index (χ0v) is 15.6. The van der Waals surface area contributed by atoms with Crippen LogP contribution in [0.15, 0.2) is 0 Å². The van der Waals surface area contributed by atoms with Gasteiger partial charge in [0, 0.05) is 4.43 Å². The number of rotatable bonds is 3. The van der Waals surface area contributed by atoms with Gasteiger partial charge < -0.3 is 28.4 Å². The van der Waals surface area contributed by atoms with E-state index in [4.69, 9.17) is 28.4 Å². The van der Waals surface area contributed by atoms with Crippen LogP contribution in [0.2, 0.25) is 0 Å². The molecule has 0 amide bonds. The molecular weight excluding hydrogens is 510 g/mol. The van der Waals surface area contributed by atoms with Crippen LogP contribution in [0.25, 0.3) is 0 Å². The van der Waals surface area contributed by atoms with Gasteiger partial charge in [0.1, 0.15) is 35.3 Å². The summed E-state index contributed by atoms with van der Waals surface area (Å²) in [4.78, 5) is 12.2. The van der Waals surface area contributed by atoms with Crippen LogP contribution in [0.3, 0.4) is 0 Å². The highest BCUT2D eigenvalue weighted by atomic mass is 127. The van der Waals surface area contributed by atoms with Crippen molar-refractivity contribution in [2.75, 3.05) is 24.6 Å². The van der Waals surface area contributed by atoms with Crippen LogP contribution in [0.5, 0.6) is 0 Å². The van der Waals surface area contributed by atoms with Gasteiger partial charge in [-0.05, 0) is 6.92 Å². The summed E-state index contributed by atoms with van der Waals surface area (Å²) in [5.74, 6) is -0.326. The Morgan fingerprint density at radius 3 is 2.71 bits per heavy atom. The first-order chi connectivity index (χ1) is 10.0. The molecule has 3 saturated heterocycles. The molecule has 0 aliphatic carbocycles. The van der Waals surface area contributed by atoms with Gasteiger partial charge in [0.2, 0.25) is 6.29 Å². The molecule has 3 aliphatic heterocycles. The monoisotopic (exact) mass is 526 g/mol. The molecule has 0 N–H and O–H groups in total. The SMILES string of the molecule is CC(I)(CI)C(=O)OC1OC2COCOC2C2OCOC12. The molecule has 0 saturated carbocycles. The number of hydrogen-bond donors (Lipinski definition) is 0. The molecule has 0 bridgehead atoms. The molecule has 0 radical (unpaired) electrons. The van der Waals surface area contributed by atoms with Crippen LogP contribution >= 0.6 is 45.2 Å². The molecule has 0 aromatic heterocycles. The van der Waals surface area contributed by atoms with E-state index in [9.17, 15) is 4.79 Å². The average Bonchev–Trinajstić information content (AvgIpc) is 2.97. The minimum Gasteiger partial charge on any atom is -0.432 e. The van der Waals surface area contributed by atoms with E-state index in [-0.39, 0.29) is 37.9 Å². The van der Waals surface area contributed by atoms with Crippen LogP contribution in [0.4, 0.5) is 0 Å². The molecule has 9 heteroatoms. The average molecular weight is 526 g/mol. The number of halogens is 2. The third kappa shape index (κ3) is 3.33. The van der Waals surface area contributed by atoms with Gasteiger partial charge >= 0.3 is 5.97 Å². The van der Waals surface area contributed by atoms with E-state index in [1.807, 2.05) is 6.92 Å². The molecule has 3 fully saturated rings. The van der Waals surface area contributed by atoms with Crippen molar-refractivity contribution in [3.05, 3.63) is 0 Å². The van der Waals surface area contributed by atoms with E-state index >= 15 is 0 Å². The van der Waals surface area contributed by atoms with Crippen molar-refractivity contribution in [2.45, 2.75) is 41.1 Å². The van der Waals surface area contributed by atoms with Gasteiger partial charge in [-0.3, -0.25) is 4.79 Å². The largest absolute Gasteiger partial charge is 0.432 e. The number of hydrogen-bond acceptors (Lipinski definition) is 7. The first-order valence-electron chi connectivity index (χ1n) is 6.57. The molecule has 0 aromatic carbocycles. The lowest BCUT2D eigenvalue weighted by Gasteiger charge is -2.43. The first kappa shape index (κ1) is 16.6. The molecule has 21 heavy (non-hydrogen) atoms. The maximum absolute atomic E-state index is 12.2. The summed E-state index contributed by atoms with van der Waals surface area (Å²) in [6, 6.07) is 0. The van der Waals surface area contributed by atoms with Crippen LogP contribution < -0.4 is 0 Å². The van der Waals surface area contributed by atoms with E-state index in [1.54, 1.807) is 0 Å². The maximum Gasteiger partial charge on any atom is 0.324 e.